The fourth-order valence-electron chi connectivity index (χ4n) is 1.86. The second-order valence-corrected chi connectivity index (χ2v) is 4.60. The van der Waals surface area contributed by atoms with E-state index in [4.69, 9.17) is 0 Å². The van der Waals surface area contributed by atoms with E-state index in [1.165, 1.54) is 0 Å². The molecule has 0 aliphatic carbocycles. The number of hydrogen-bond donors (Lipinski definition) is 3. The first-order chi connectivity index (χ1) is 8.97. The molecule has 1 aliphatic rings. The molecule has 1 heterocycles. The number of hydrogen-bond acceptors (Lipinski definition) is 3. The molecule has 1 aromatic rings. The highest BCUT2D eigenvalue weighted by Crippen LogP contribution is 2.17. The summed E-state index contributed by atoms with van der Waals surface area (Å²) in [5.74, 6) is -2.25. The van der Waals surface area contributed by atoms with Crippen LogP contribution in [0.2, 0.25) is 0 Å². The first-order valence-corrected chi connectivity index (χ1v) is 5.94. The Morgan fingerprint density at radius 3 is 2.47 bits per heavy atom. The minimum atomic E-state index is -0.954. The van der Waals surface area contributed by atoms with E-state index in [-0.39, 0.29) is 12.3 Å². The average Bonchev–Trinajstić information content (AvgIpc) is 2.65. The number of hydrazine groups is 1. The van der Waals surface area contributed by atoms with Crippen LogP contribution in [0.1, 0.15) is 17.5 Å². The standard InChI is InChI=1S/C13H15N3O3/c1-7-3-4-8(2)10(5-7)14-11(17)6-9-12(18)15-16-13(9)19/h3-5,9H,6H2,1-2H3,(H,14,17)(H,15,18)(H,16,19). The molecule has 3 amide bonds. The Labute approximate surface area is 110 Å². The maximum absolute atomic E-state index is 11.9. The Bertz CT molecular complexity index is 538. The second-order valence-electron chi connectivity index (χ2n) is 4.60. The fourth-order valence-corrected chi connectivity index (χ4v) is 1.86. The molecule has 0 aromatic heterocycles. The smallest absolute Gasteiger partial charge is 0.251 e. The molecule has 1 fully saturated rings. The van der Waals surface area contributed by atoms with Crippen molar-refractivity contribution in [3.05, 3.63) is 29.3 Å². The molecule has 0 atom stereocenters. The molecule has 19 heavy (non-hydrogen) atoms. The van der Waals surface area contributed by atoms with Crippen LogP contribution < -0.4 is 16.2 Å². The van der Waals surface area contributed by atoms with E-state index in [0.29, 0.717) is 5.69 Å². The zero-order valence-corrected chi connectivity index (χ0v) is 10.7. The van der Waals surface area contributed by atoms with E-state index >= 15 is 0 Å². The summed E-state index contributed by atoms with van der Waals surface area (Å²) in [6.07, 6.45) is -0.162. The van der Waals surface area contributed by atoms with Gasteiger partial charge in [-0.15, -0.1) is 0 Å². The lowest BCUT2D eigenvalue weighted by atomic mass is 10.0. The van der Waals surface area contributed by atoms with Crippen molar-refractivity contribution in [2.24, 2.45) is 5.92 Å². The molecule has 100 valence electrons. The molecule has 6 heteroatoms. The summed E-state index contributed by atoms with van der Waals surface area (Å²) in [6, 6.07) is 5.70. The Morgan fingerprint density at radius 1 is 1.21 bits per heavy atom. The van der Waals surface area contributed by atoms with Crippen molar-refractivity contribution in [2.75, 3.05) is 5.32 Å². The lowest BCUT2D eigenvalue weighted by molar-refractivity contribution is -0.131. The minimum absolute atomic E-state index is 0.162. The summed E-state index contributed by atoms with van der Waals surface area (Å²) in [5.41, 5.74) is 7.03. The molecule has 1 saturated heterocycles. The largest absolute Gasteiger partial charge is 0.326 e. The number of anilines is 1. The Morgan fingerprint density at radius 2 is 1.84 bits per heavy atom. The van der Waals surface area contributed by atoms with Gasteiger partial charge in [-0.25, -0.2) is 0 Å². The SMILES string of the molecule is Cc1ccc(C)c(NC(=O)CC2C(=O)NNC2=O)c1. The van der Waals surface area contributed by atoms with Gasteiger partial charge in [0.05, 0.1) is 0 Å². The summed E-state index contributed by atoms with van der Waals surface area (Å²) in [6.45, 7) is 3.80. The van der Waals surface area contributed by atoms with E-state index in [1.54, 1.807) is 0 Å². The molecule has 1 aliphatic heterocycles. The van der Waals surface area contributed by atoms with Gasteiger partial charge >= 0.3 is 0 Å². The number of amides is 3. The first-order valence-electron chi connectivity index (χ1n) is 5.94. The van der Waals surface area contributed by atoms with Gasteiger partial charge in [0.25, 0.3) is 11.8 Å². The maximum atomic E-state index is 11.9. The van der Waals surface area contributed by atoms with Crippen LogP contribution in [0.5, 0.6) is 0 Å². The van der Waals surface area contributed by atoms with Gasteiger partial charge in [-0.05, 0) is 31.0 Å². The number of carbonyl (C=O) groups excluding carboxylic acids is 3. The van der Waals surface area contributed by atoms with Crippen LogP contribution in [0.15, 0.2) is 18.2 Å². The van der Waals surface area contributed by atoms with Gasteiger partial charge in [-0.3, -0.25) is 25.2 Å². The van der Waals surface area contributed by atoms with Crippen molar-refractivity contribution in [3.8, 4) is 0 Å². The van der Waals surface area contributed by atoms with Crippen molar-refractivity contribution < 1.29 is 14.4 Å². The molecule has 1 aromatic carbocycles. The molecular formula is C13H15N3O3. The molecule has 0 radical (unpaired) electrons. The summed E-state index contributed by atoms with van der Waals surface area (Å²) in [5, 5.41) is 2.72. The van der Waals surface area contributed by atoms with Gasteiger partial charge in [-0.1, -0.05) is 12.1 Å². The van der Waals surface area contributed by atoms with Crippen molar-refractivity contribution in [3.63, 3.8) is 0 Å². The van der Waals surface area contributed by atoms with Crippen molar-refractivity contribution in [2.45, 2.75) is 20.3 Å². The first kappa shape index (κ1) is 13.1. The molecule has 0 bridgehead atoms. The molecular weight excluding hydrogens is 246 g/mol. The third kappa shape index (κ3) is 2.90. The van der Waals surface area contributed by atoms with Crippen LogP contribution in [-0.4, -0.2) is 17.7 Å². The lowest BCUT2D eigenvalue weighted by Crippen LogP contribution is -2.28. The molecule has 2 rings (SSSR count). The summed E-state index contributed by atoms with van der Waals surface area (Å²) < 4.78 is 0. The summed E-state index contributed by atoms with van der Waals surface area (Å²) in [7, 11) is 0. The topological polar surface area (TPSA) is 87.3 Å². The molecule has 0 saturated carbocycles. The highest BCUT2D eigenvalue weighted by atomic mass is 16.2. The van der Waals surface area contributed by atoms with Gasteiger partial charge in [0.1, 0.15) is 5.92 Å². The number of rotatable bonds is 3. The zero-order chi connectivity index (χ0) is 14.0. The van der Waals surface area contributed by atoms with E-state index in [0.717, 1.165) is 11.1 Å². The van der Waals surface area contributed by atoms with Crippen molar-refractivity contribution >= 4 is 23.4 Å². The van der Waals surface area contributed by atoms with Crippen LogP contribution in [0.3, 0.4) is 0 Å². The van der Waals surface area contributed by atoms with Crippen LogP contribution in [0, 0.1) is 19.8 Å². The van der Waals surface area contributed by atoms with Crippen LogP contribution >= 0.6 is 0 Å². The second kappa shape index (κ2) is 5.09. The molecule has 3 N–H and O–H groups in total. The Hall–Kier alpha value is -2.37. The number of carbonyl (C=O) groups is 3. The van der Waals surface area contributed by atoms with E-state index < -0.39 is 17.7 Å². The quantitative estimate of drug-likeness (QED) is 0.689. The minimum Gasteiger partial charge on any atom is -0.326 e. The fraction of sp³-hybridized carbons (Fsp3) is 0.308. The van der Waals surface area contributed by atoms with E-state index in [9.17, 15) is 14.4 Å². The number of aryl methyl sites for hydroxylation is 2. The number of benzene rings is 1. The van der Waals surface area contributed by atoms with E-state index in [1.807, 2.05) is 32.0 Å². The maximum Gasteiger partial charge on any atom is 0.251 e. The predicted octanol–water partition coefficient (Wildman–Crippen LogP) is 0.409. The Kier molecular flexibility index (Phi) is 3.50. The van der Waals surface area contributed by atoms with Crippen molar-refractivity contribution in [1.82, 2.24) is 10.9 Å². The molecule has 0 spiro atoms. The summed E-state index contributed by atoms with van der Waals surface area (Å²) >= 11 is 0. The van der Waals surface area contributed by atoms with Crippen LogP contribution in [-0.2, 0) is 14.4 Å². The van der Waals surface area contributed by atoms with Crippen LogP contribution in [0.25, 0.3) is 0 Å². The zero-order valence-electron chi connectivity index (χ0n) is 10.7. The molecule has 6 nitrogen and oxygen atoms in total. The van der Waals surface area contributed by atoms with Gasteiger partial charge in [0.15, 0.2) is 0 Å². The molecule has 0 unspecified atom stereocenters. The monoisotopic (exact) mass is 261 g/mol. The third-order valence-corrected chi connectivity index (χ3v) is 3.00. The summed E-state index contributed by atoms with van der Waals surface area (Å²) in [4.78, 5) is 34.5. The van der Waals surface area contributed by atoms with Gasteiger partial charge in [0.2, 0.25) is 5.91 Å². The highest BCUT2D eigenvalue weighted by molar-refractivity contribution is 6.09. The van der Waals surface area contributed by atoms with Gasteiger partial charge < -0.3 is 5.32 Å². The normalized spacial score (nSPS) is 15.1. The number of nitrogens with one attached hydrogen (secondary N) is 3. The van der Waals surface area contributed by atoms with E-state index in [2.05, 4.69) is 16.2 Å². The predicted molar refractivity (Wildman–Crippen MR) is 68.9 cm³/mol. The lowest BCUT2D eigenvalue weighted by Gasteiger charge is -2.10. The van der Waals surface area contributed by atoms with Crippen molar-refractivity contribution in [1.29, 1.82) is 0 Å². The Balaban J connectivity index is 2.03. The highest BCUT2D eigenvalue weighted by Gasteiger charge is 2.34. The van der Waals surface area contributed by atoms with Crippen LogP contribution in [0.4, 0.5) is 5.69 Å². The van der Waals surface area contributed by atoms with Gasteiger partial charge in [-0.2, -0.15) is 0 Å². The third-order valence-electron chi connectivity index (χ3n) is 3.00. The van der Waals surface area contributed by atoms with Gasteiger partial charge in [0, 0.05) is 12.1 Å². The average molecular weight is 261 g/mol.